The zero-order chi connectivity index (χ0) is 34.4. The normalized spacial score (nSPS) is 14.7. The van der Waals surface area contributed by atoms with Crippen molar-refractivity contribution in [1.82, 2.24) is 34.7 Å². The van der Waals surface area contributed by atoms with Crippen molar-refractivity contribution in [3.05, 3.63) is 29.7 Å². The molecule has 1 aliphatic rings. The summed E-state index contributed by atoms with van der Waals surface area (Å²) in [5.74, 6) is 0.210. The molecule has 1 N–H and O–H groups in total. The van der Waals surface area contributed by atoms with Gasteiger partial charge in [0.15, 0.2) is 0 Å². The molecule has 3 amide bonds. The van der Waals surface area contributed by atoms with Crippen LogP contribution in [0.15, 0.2) is 22.7 Å². The summed E-state index contributed by atoms with van der Waals surface area (Å²) in [6, 6.07) is 5.32. The van der Waals surface area contributed by atoms with Gasteiger partial charge in [-0.3, -0.25) is 19.9 Å². The van der Waals surface area contributed by atoms with Crippen LogP contribution in [0.1, 0.15) is 46.1 Å². The van der Waals surface area contributed by atoms with Crippen LogP contribution in [0.2, 0.25) is 0 Å². The number of piperazine rings is 1. The molecule has 1 saturated heterocycles. The predicted octanol–water partition coefficient (Wildman–Crippen LogP) is 1.87. The number of carbonyl (C=O) groups excluding carboxylic acids is 3. The van der Waals surface area contributed by atoms with Gasteiger partial charge < -0.3 is 19.1 Å². The minimum atomic E-state index is -3.29. The number of amides is 3. The summed E-state index contributed by atoms with van der Waals surface area (Å²) < 4.78 is 35.8. The van der Waals surface area contributed by atoms with E-state index >= 15 is 0 Å². The predicted molar refractivity (Wildman–Crippen MR) is 173 cm³/mol. The summed E-state index contributed by atoms with van der Waals surface area (Å²) in [7, 11) is -1.67. The number of nitrogens with zero attached hydrogens (tertiary/aromatic N) is 7. The molecule has 0 unspecified atom stereocenters. The van der Waals surface area contributed by atoms with Crippen molar-refractivity contribution < 1.29 is 32.1 Å². The average Bonchev–Trinajstić information content (AvgIpc) is 3.39. The van der Waals surface area contributed by atoms with Gasteiger partial charge in [-0.15, -0.1) is 0 Å². The molecule has 16 heteroatoms. The van der Waals surface area contributed by atoms with E-state index in [9.17, 15) is 22.8 Å². The van der Waals surface area contributed by atoms with E-state index in [1.165, 1.54) is 15.6 Å². The van der Waals surface area contributed by atoms with Gasteiger partial charge in [-0.1, -0.05) is 17.3 Å². The first-order valence-corrected chi connectivity index (χ1v) is 17.1. The van der Waals surface area contributed by atoms with Gasteiger partial charge in [0.2, 0.25) is 27.6 Å². The van der Waals surface area contributed by atoms with E-state index in [4.69, 9.17) is 9.26 Å². The number of carbonyl (C=O) groups is 3. The first-order valence-electron chi connectivity index (χ1n) is 15.3. The number of hydrogen-bond donors (Lipinski definition) is 1. The SMILES string of the molecule is Cc1nc(-c2ccc(C)c(N(CCN(C(=O)OC(C)(C)C)C(C)C)C(=O)CNCC(=O)N(C)N3CCN(S(C)(=O)=O)CC3)c2)no1. The van der Waals surface area contributed by atoms with Gasteiger partial charge in [-0.05, 0) is 53.2 Å². The number of benzene rings is 1. The third-order valence-electron chi connectivity index (χ3n) is 7.42. The highest BCUT2D eigenvalue weighted by atomic mass is 32.2. The Morgan fingerprint density at radius 2 is 1.67 bits per heavy atom. The standard InChI is InChI=1S/C30H48N8O7S/c1-21(2)37(29(41)44-30(5,6)7)16-17-38(25-18-24(11-10-22(25)3)28-32-23(4)45-33-28)27(40)20-31-19-26(39)34(8)35-12-14-36(15-13-35)46(9,42)43/h10-11,18,21,31H,12-17,19-20H2,1-9H3. The first-order chi connectivity index (χ1) is 21.4. The Morgan fingerprint density at radius 1 is 1.04 bits per heavy atom. The van der Waals surface area contributed by atoms with E-state index in [-0.39, 0.29) is 57.1 Å². The van der Waals surface area contributed by atoms with Crippen molar-refractivity contribution in [1.29, 1.82) is 0 Å². The molecule has 1 aromatic carbocycles. The molecule has 3 rings (SSSR count). The van der Waals surface area contributed by atoms with Gasteiger partial charge in [0.1, 0.15) is 5.60 Å². The monoisotopic (exact) mass is 664 g/mol. The summed E-state index contributed by atoms with van der Waals surface area (Å²) in [5, 5.41) is 10.2. The smallest absolute Gasteiger partial charge is 0.410 e. The van der Waals surface area contributed by atoms with Gasteiger partial charge in [0, 0.05) is 70.5 Å². The quantitative estimate of drug-likeness (QED) is 0.353. The van der Waals surface area contributed by atoms with Crippen LogP contribution in [0.4, 0.5) is 10.5 Å². The molecule has 0 spiro atoms. The first kappa shape index (κ1) is 36.9. The molecule has 0 atom stereocenters. The van der Waals surface area contributed by atoms with Crippen molar-refractivity contribution in [2.45, 2.75) is 60.1 Å². The highest BCUT2D eigenvalue weighted by Crippen LogP contribution is 2.27. The molecule has 0 bridgehead atoms. The second-order valence-corrected chi connectivity index (χ2v) is 14.6. The third-order valence-corrected chi connectivity index (χ3v) is 8.73. The molecular formula is C30H48N8O7S. The Kier molecular flexibility index (Phi) is 12.3. The van der Waals surface area contributed by atoms with Gasteiger partial charge in [0.25, 0.3) is 5.91 Å². The summed E-state index contributed by atoms with van der Waals surface area (Å²) in [5.41, 5.74) is 1.39. The summed E-state index contributed by atoms with van der Waals surface area (Å²) in [6.07, 6.45) is 0.690. The molecule has 1 aliphatic heterocycles. The molecule has 256 valence electrons. The van der Waals surface area contributed by atoms with E-state index in [1.807, 2.05) is 32.9 Å². The maximum absolute atomic E-state index is 13.8. The maximum Gasteiger partial charge on any atom is 0.410 e. The van der Waals surface area contributed by atoms with E-state index in [0.717, 1.165) is 5.56 Å². The number of sulfonamides is 1. The Morgan fingerprint density at radius 3 is 2.22 bits per heavy atom. The van der Waals surface area contributed by atoms with Crippen molar-refractivity contribution in [3.63, 3.8) is 0 Å². The fourth-order valence-corrected chi connectivity index (χ4v) is 5.70. The number of hydrogen-bond acceptors (Lipinski definition) is 11. The zero-order valence-electron chi connectivity index (χ0n) is 28.4. The Hall–Kier alpha value is -3.60. The van der Waals surface area contributed by atoms with Crippen LogP contribution in [0.5, 0.6) is 0 Å². The topological polar surface area (TPSA) is 162 Å². The molecule has 46 heavy (non-hydrogen) atoms. The molecule has 2 aromatic rings. The molecule has 0 saturated carbocycles. The summed E-state index contributed by atoms with van der Waals surface area (Å²) in [4.78, 5) is 47.2. The van der Waals surface area contributed by atoms with Crippen LogP contribution in [-0.4, -0.2) is 133 Å². The largest absolute Gasteiger partial charge is 0.444 e. The second kappa shape index (κ2) is 15.3. The van der Waals surface area contributed by atoms with E-state index in [0.29, 0.717) is 36.1 Å². The Balaban J connectivity index is 1.75. The van der Waals surface area contributed by atoms with Gasteiger partial charge in [0.05, 0.1) is 19.3 Å². The lowest BCUT2D eigenvalue weighted by atomic mass is 10.1. The lowest BCUT2D eigenvalue weighted by Gasteiger charge is -2.38. The van der Waals surface area contributed by atoms with Gasteiger partial charge >= 0.3 is 6.09 Å². The maximum atomic E-state index is 13.8. The molecule has 1 aromatic heterocycles. The number of hydrazine groups is 1. The number of aromatic nitrogens is 2. The van der Waals surface area contributed by atoms with E-state index in [1.54, 1.807) is 55.6 Å². The minimum absolute atomic E-state index is 0.112. The van der Waals surface area contributed by atoms with Crippen LogP contribution in [0.3, 0.4) is 0 Å². The van der Waals surface area contributed by atoms with Crippen LogP contribution in [0, 0.1) is 13.8 Å². The highest BCUT2D eigenvalue weighted by molar-refractivity contribution is 7.88. The number of aryl methyl sites for hydroxylation is 2. The van der Waals surface area contributed by atoms with Gasteiger partial charge in [-0.25, -0.2) is 18.2 Å². The Labute approximate surface area is 271 Å². The summed E-state index contributed by atoms with van der Waals surface area (Å²) >= 11 is 0. The Bertz CT molecular complexity index is 1480. The summed E-state index contributed by atoms with van der Waals surface area (Å²) in [6.45, 7) is 14.2. The van der Waals surface area contributed by atoms with Crippen molar-refractivity contribution in [3.8, 4) is 11.4 Å². The third kappa shape index (κ3) is 10.2. The number of anilines is 1. The van der Waals surface area contributed by atoms with Crippen molar-refractivity contribution >= 4 is 33.6 Å². The van der Waals surface area contributed by atoms with Crippen molar-refractivity contribution in [2.24, 2.45) is 0 Å². The fraction of sp³-hybridized carbons (Fsp3) is 0.633. The molecule has 2 heterocycles. The van der Waals surface area contributed by atoms with E-state index in [2.05, 4.69) is 15.5 Å². The second-order valence-electron chi connectivity index (χ2n) is 12.6. The van der Waals surface area contributed by atoms with Crippen LogP contribution in [-0.2, 0) is 24.3 Å². The van der Waals surface area contributed by atoms with Crippen molar-refractivity contribution in [2.75, 3.05) is 70.6 Å². The van der Waals surface area contributed by atoms with E-state index < -0.39 is 21.7 Å². The molecule has 1 fully saturated rings. The molecule has 0 aliphatic carbocycles. The average molecular weight is 665 g/mol. The minimum Gasteiger partial charge on any atom is -0.444 e. The number of nitrogens with one attached hydrogen (secondary N) is 1. The molecular weight excluding hydrogens is 616 g/mol. The number of rotatable bonds is 12. The zero-order valence-corrected chi connectivity index (χ0v) is 29.2. The van der Waals surface area contributed by atoms with Crippen LogP contribution < -0.4 is 10.2 Å². The molecule has 0 radical (unpaired) electrons. The highest BCUT2D eigenvalue weighted by Gasteiger charge is 2.29. The lowest BCUT2D eigenvalue weighted by molar-refractivity contribution is -0.146. The van der Waals surface area contributed by atoms with Crippen LogP contribution >= 0.6 is 0 Å². The van der Waals surface area contributed by atoms with Crippen LogP contribution in [0.25, 0.3) is 11.4 Å². The number of ether oxygens (including phenoxy) is 1. The lowest BCUT2D eigenvalue weighted by Crippen LogP contribution is -2.56. The van der Waals surface area contributed by atoms with Gasteiger partial charge in [-0.2, -0.15) is 9.29 Å². The molecule has 15 nitrogen and oxygen atoms in total. The number of likely N-dealkylation sites (N-methyl/N-ethyl adjacent to an activating group) is 1. The fourth-order valence-electron chi connectivity index (χ4n) is 4.88.